The Labute approximate surface area is 155 Å². The van der Waals surface area contributed by atoms with Crippen molar-refractivity contribution in [1.82, 2.24) is 9.55 Å². The van der Waals surface area contributed by atoms with Gasteiger partial charge in [-0.15, -0.1) is 0 Å². The first-order chi connectivity index (χ1) is 12.4. The fourth-order valence-corrected chi connectivity index (χ4v) is 3.47. The first-order valence-corrected chi connectivity index (χ1v) is 8.64. The van der Waals surface area contributed by atoms with Gasteiger partial charge in [-0.2, -0.15) is 0 Å². The largest absolute Gasteiger partial charge is 0.495 e. The minimum Gasteiger partial charge on any atom is -0.495 e. The van der Waals surface area contributed by atoms with Gasteiger partial charge in [0.25, 0.3) is 0 Å². The smallest absolute Gasteiger partial charge is 0.381 e. The number of halogens is 1. The molecule has 0 unspecified atom stereocenters. The topological polar surface area (TPSA) is 90.5 Å². The normalized spacial score (nSPS) is 13.4. The number of amides is 1. The quantitative estimate of drug-likeness (QED) is 0.588. The second-order valence-electron chi connectivity index (χ2n) is 6.07. The summed E-state index contributed by atoms with van der Waals surface area (Å²) in [5.41, 5.74) is 1.64. The summed E-state index contributed by atoms with van der Waals surface area (Å²) in [4.78, 5) is 28.7. The Morgan fingerprint density at radius 1 is 1.46 bits per heavy atom. The van der Waals surface area contributed by atoms with Gasteiger partial charge < -0.3 is 24.3 Å². The predicted molar refractivity (Wildman–Crippen MR) is 96.9 cm³/mol. The molecule has 0 bridgehead atoms. The van der Waals surface area contributed by atoms with Crippen LogP contribution in [0.15, 0.2) is 18.3 Å². The Morgan fingerprint density at radius 2 is 2.23 bits per heavy atom. The Kier molecular flexibility index (Phi) is 5.13. The summed E-state index contributed by atoms with van der Waals surface area (Å²) in [6.45, 7) is 2.59. The van der Waals surface area contributed by atoms with Crippen LogP contribution in [0, 0.1) is 17.0 Å². The van der Waals surface area contributed by atoms with Gasteiger partial charge in [-0.25, -0.2) is 0 Å². The second kappa shape index (κ2) is 7.33. The summed E-state index contributed by atoms with van der Waals surface area (Å²) in [6.07, 6.45) is 3.16. The van der Waals surface area contributed by atoms with E-state index in [1.54, 1.807) is 35.6 Å². The van der Waals surface area contributed by atoms with Crippen molar-refractivity contribution < 1.29 is 14.5 Å². The number of rotatable bonds is 5. The van der Waals surface area contributed by atoms with Crippen molar-refractivity contribution in [3.05, 3.63) is 44.9 Å². The fraction of sp³-hybridized carbons (Fsp3) is 0.412. The lowest BCUT2D eigenvalue weighted by Gasteiger charge is -2.31. The molecule has 2 heterocycles. The lowest BCUT2D eigenvalue weighted by atomic mass is 10.0. The second-order valence-corrected chi connectivity index (χ2v) is 6.48. The maximum absolute atomic E-state index is 12.8. The molecule has 0 spiro atoms. The molecule has 1 aromatic carbocycles. The summed E-state index contributed by atoms with van der Waals surface area (Å²) in [5, 5.41) is 11.4. The maximum Gasteiger partial charge on any atom is 0.381 e. The molecule has 0 saturated heterocycles. The first kappa shape index (κ1) is 18.2. The van der Waals surface area contributed by atoms with Crippen molar-refractivity contribution in [3.8, 4) is 5.75 Å². The van der Waals surface area contributed by atoms with E-state index in [9.17, 15) is 14.9 Å². The highest BCUT2D eigenvalue weighted by Crippen LogP contribution is 2.40. The molecule has 9 heteroatoms. The number of nitro groups is 1. The molecule has 1 amide bonds. The number of aromatic nitrogens is 2. The summed E-state index contributed by atoms with van der Waals surface area (Å²) < 4.78 is 7.04. The highest BCUT2D eigenvalue weighted by molar-refractivity contribution is 6.32. The molecule has 1 aliphatic heterocycles. The lowest BCUT2D eigenvalue weighted by molar-refractivity contribution is -0.389. The maximum atomic E-state index is 12.8. The highest BCUT2D eigenvalue weighted by atomic mass is 35.5. The van der Waals surface area contributed by atoms with Crippen LogP contribution in [-0.2, 0) is 17.8 Å². The zero-order chi connectivity index (χ0) is 18.8. The molecule has 1 aromatic heterocycles. The third-order valence-electron chi connectivity index (χ3n) is 4.50. The average Bonchev–Trinajstić information content (AvgIpc) is 3.01. The van der Waals surface area contributed by atoms with Gasteiger partial charge in [-0.05, 0) is 40.4 Å². The van der Waals surface area contributed by atoms with Gasteiger partial charge in [-0.3, -0.25) is 4.79 Å². The van der Waals surface area contributed by atoms with Gasteiger partial charge >= 0.3 is 5.82 Å². The number of nitrogens with zero attached hydrogens (tertiary/aromatic N) is 4. The third kappa shape index (κ3) is 3.37. The first-order valence-electron chi connectivity index (χ1n) is 8.26. The standard InChI is InChI=1S/C17H19ClN4O4/c1-11-19-15(22(24)25)10-20(11)9-7-16(23)21-8-3-4-12-13(18)5-6-14(26-2)17(12)21/h5-6,10H,3-4,7-9H2,1-2H3. The Balaban J connectivity index is 1.80. The molecule has 8 nitrogen and oxygen atoms in total. The Hall–Kier alpha value is -2.61. The van der Waals surface area contributed by atoms with E-state index >= 15 is 0 Å². The summed E-state index contributed by atoms with van der Waals surface area (Å²) in [6, 6.07) is 3.54. The molecule has 0 fully saturated rings. The number of benzene rings is 1. The molecule has 0 saturated carbocycles. The van der Waals surface area contributed by atoms with E-state index in [2.05, 4.69) is 4.98 Å². The van der Waals surface area contributed by atoms with Crippen molar-refractivity contribution in [2.45, 2.75) is 32.7 Å². The van der Waals surface area contributed by atoms with Crippen molar-refractivity contribution in [3.63, 3.8) is 0 Å². The van der Waals surface area contributed by atoms with Crippen molar-refractivity contribution in [1.29, 1.82) is 0 Å². The zero-order valence-corrected chi connectivity index (χ0v) is 15.3. The van der Waals surface area contributed by atoms with Gasteiger partial charge in [-0.1, -0.05) is 11.6 Å². The zero-order valence-electron chi connectivity index (χ0n) is 14.6. The molecular weight excluding hydrogens is 360 g/mol. The van der Waals surface area contributed by atoms with E-state index in [1.165, 1.54) is 6.20 Å². The van der Waals surface area contributed by atoms with Gasteiger partial charge in [0.05, 0.1) is 12.8 Å². The van der Waals surface area contributed by atoms with Crippen molar-refractivity contribution in [2.75, 3.05) is 18.6 Å². The average molecular weight is 379 g/mol. The van der Waals surface area contributed by atoms with Crippen LogP contribution in [-0.4, -0.2) is 34.0 Å². The van der Waals surface area contributed by atoms with E-state index in [-0.39, 0.29) is 18.1 Å². The van der Waals surface area contributed by atoms with E-state index in [4.69, 9.17) is 16.3 Å². The number of hydrogen-bond donors (Lipinski definition) is 0. The number of carbonyl (C=O) groups is 1. The van der Waals surface area contributed by atoms with Crippen molar-refractivity contribution >= 4 is 29.0 Å². The van der Waals surface area contributed by atoms with Crippen molar-refractivity contribution in [2.24, 2.45) is 0 Å². The Bertz CT molecular complexity index is 865. The van der Waals surface area contributed by atoms with Crippen LogP contribution in [0.5, 0.6) is 5.75 Å². The highest BCUT2D eigenvalue weighted by Gasteiger charge is 2.28. The number of hydrogen-bond acceptors (Lipinski definition) is 5. The molecule has 2 aromatic rings. The molecular formula is C17H19ClN4O4. The number of imidazole rings is 1. The van der Waals surface area contributed by atoms with Crippen LogP contribution in [0.2, 0.25) is 5.02 Å². The molecule has 3 rings (SSSR count). The molecule has 0 atom stereocenters. The summed E-state index contributed by atoms with van der Waals surface area (Å²) in [7, 11) is 1.56. The van der Waals surface area contributed by atoms with Gasteiger partial charge in [0.1, 0.15) is 11.9 Å². The van der Waals surface area contributed by atoms with Gasteiger partial charge in [0.2, 0.25) is 11.7 Å². The SMILES string of the molecule is COc1ccc(Cl)c2c1N(C(=O)CCn1cc([N+](=O)[O-])nc1C)CCC2. The monoisotopic (exact) mass is 378 g/mol. The fourth-order valence-electron chi connectivity index (χ4n) is 3.22. The minimum atomic E-state index is -0.543. The van der Waals surface area contributed by atoms with Crippen LogP contribution in [0.4, 0.5) is 11.5 Å². The number of aryl methyl sites for hydroxylation is 2. The number of carbonyl (C=O) groups excluding carboxylic acids is 1. The van der Waals surface area contributed by atoms with Crippen LogP contribution in [0.25, 0.3) is 0 Å². The number of methoxy groups -OCH3 is 1. The lowest BCUT2D eigenvalue weighted by Crippen LogP contribution is -2.36. The molecule has 138 valence electrons. The summed E-state index contributed by atoms with van der Waals surface area (Å²) in [5.74, 6) is 0.824. The predicted octanol–water partition coefficient (Wildman–Crippen LogP) is 3.13. The van der Waals surface area contributed by atoms with Gasteiger partial charge in [0, 0.05) is 31.5 Å². The van der Waals surface area contributed by atoms with Gasteiger partial charge in [0.15, 0.2) is 0 Å². The third-order valence-corrected chi connectivity index (χ3v) is 4.86. The minimum absolute atomic E-state index is 0.0812. The van der Waals surface area contributed by atoms with Crippen LogP contribution in [0.3, 0.4) is 0 Å². The van der Waals surface area contributed by atoms with E-state index in [1.807, 2.05) is 0 Å². The number of fused-ring (bicyclic) bond motifs is 1. The van der Waals surface area contributed by atoms with E-state index in [0.717, 1.165) is 24.1 Å². The van der Waals surface area contributed by atoms with Crippen LogP contribution < -0.4 is 9.64 Å². The summed E-state index contributed by atoms with van der Waals surface area (Å²) >= 11 is 6.30. The molecule has 1 aliphatic rings. The number of ether oxygens (including phenoxy) is 1. The number of anilines is 1. The molecule has 0 radical (unpaired) electrons. The molecule has 26 heavy (non-hydrogen) atoms. The molecule has 0 N–H and O–H groups in total. The Morgan fingerprint density at radius 3 is 2.88 bits per heavy atom. The van der Waals surface area contributed by atoms with E-state index < -0.39 is 4.92 Å². The van der Waals surface area contributed by atoms with Crippen LogP contribution >= 0.6 is 11.6 Å². The molecule has 0 aliphatic carbocycles. The van der Waals surface area contributed by atoms with Crippen LogP contribution in [0.1, 0.15) is 24.2 Å². The van der Waals surface area contributed by atoms with E-state index in [0.29, 0.717) is 29.7 Å².